The van der Waals surface area contributed by atoms with E-state index in [1.807, 2.05) is 41.4 Å². The molecule has 2 fully saturated rings. The lowest BCUT2D eigenvalue weighted by molar-refractivity contribution is -0.133. The maximum Gasteiger partial charge on any atom is 0.237 e. The fourth-order valence-corrected chi connectivity index (χ4v) is 4.60. The molecule has 2 aliphatic heterocycles. The van der Waals surface area contributed by atoms with E-state index in [0.717, 1.165) is 74.9 Å². The van der Waals surface area contributed by atoms with E-state index in [9.17, 15) is 4.79 Å². The molecule has 1 unspecified atom stereocenters. The second-order valence-corrected chi connectivity index (χ2v) is 8.23. The summed E-state index contributed by atoms with van der Waals surface area (Å²) < 4.78 is 11.0. The van der Waals surface area contributed by atoms with Crippen LogP contribution in [-0.2, 0) is 11.3 Å². The van der Waals surface area contributed by atoms with Gasteiger partial charge in [0.1, 0.15) is 11.5 Å². The first-order valence-electron chi connectivity index (χ1n) is 11.0. The Labute approximate surface area is 184 Å². The fourth-order valence-electron chi connectivity index (χ4n) is 4.60. The Balaban J connectivity index is 1.34. The summed E-state index contributed by atoms with van der Waals surface area (Å²) in [5, 5.41) is 0. The summed E-state index contributed by atoms with van der Waals surface area (Å²) >= 11 is 0. The van der Waals surface area contributed by atoms with E-state index in [1.54, 1.807) is 14.2 Å². The Morgan fingerprint density at radius 1 is 1.03 bits per heavy atom. The number of hydrogen-bond acceptors (Lipinski definition) is 6. The van der Waals surface area contributed by atoms with Crippen molar-refractivity contribution in [3.63, 3.8) is 0 Å². The van der Waals surface area contributed by atoms with Crippen molar-refractivity contribution < 1.29 is 14.3 Å². The van der Waals surface area contributed by atoms with Crippen molar-refractivity contribution in [1.82, 2.24) is 19.7 Å². The van der Waals surface area contributed by atoms with Crippen LogP contribution in [0.3, 0.4) is 0 Å². The number of hydrogen-bond donors (Lipinski definition) is 0. The first kappa shape index (κ1) is 21.6. The van der Waals surface area contributed by atoms with Gasteiger partial charge in [-0.25, -0.2) is 0 Å². The maximum absolute atomic E-state index is 13.2. The molecule has 31 heavy (non-hydrogen) atoms. The summed E-state index contributed by atoms with van der Waals surface area (Å²) in [7, 11) is 3.34. The topological polar surface area (TPSA) is 58.1 Å². The zero-order valence-electron chi connectivity index (χ0n) is 18.5. The quantitative estimate of drug-likeness (QED) is 0.681. The lowest BCUT2D eigenvalue weighted by Crippen LogP contribution is -2.49. The van der Waals surface area contributed by atoms with E-state index < -0.39 is 0 Å². The predicted octanol–water partition coefficient (Wildman–Crippen LogP) is 2.58. The Bertz CT molecular complexity index is 868. The Morgan fingerprint density at radius 3 is 2.55 bits per heavy atom. The summed E-state index contributed by atoms with van der Waals surface area (Å²) in [6, 6.07) is 11.9. The van der Waals surface area contributed by atoms with Gasteiger partial charge in [-0.2, -0.15) is 0 Å². The van der Waals surface area contributed by atoms with Crippen LogP contribution in [0.4, 0.5) is 0 Å². The van der Waals surface area contributed by atoms with Gasteiger partial charge in [-0.3, -0.25) is 19.6 Å². The summed E-state index contributed by atoms with van der Waals surface area (Å²) in [5.41, 5.74) is 2.13. The van der Waals surface area contributed by atoms with E-state index >= 15 is 0 Å². The van der Waals surface area contributed by atoms with Gasteiger partial charge in [0.25, 0.3) is 0 Å². The number of carbonyl (C=O) groups is 1. The molecule has 0 N–H and O–H groups in total. The van der Waals surface area contributed by atoms with Crippen LogP contribution in [0, 0.1) is 0 Å². The molecule has 166 valence electrons. The minimum absolute atomic E-state index is 0.0444. The van der Waals surface area contributed by atoms with E-state index in [2.05, 4.69) is 20.9 Å². The van der Waals surface area contributed by atoms with Crippen molar-refractivity contribution in [2.75, 3.05) is 53.5 Å². The molecular formula is C24H32N4O3. The molecule has 2 aromatic rings. The molecule has 3 heterocycles. The standard InChI is InChI=1S/C24H32N4O3/c1-30-20-8-9-23(31-2)21(16-20)22-7-5-11-28(22)24(29)18-27-14-12-26(13-15-27)17-19-6-3-4-10-25-19/h3-4,6,8-10,16,22H,5,7,11-15,17-18H2,1-2H3. The van der Waals surface area contributed by atoms with Crippen LogP contribution in [0.1, 0.15) is 30.1 Å². The molecule has 0 spiro atoms. The molecule has 1 aromatic carbocycles. The van der Waals surface area contributed by atoms with Crippen molar-refractivity contribution in [2.45, 2.75) is 25.4 Å². The smallest absolute Gasteiger partial charge is 0.237 e. The number of carbonyl (C=O) groups excluding carboxylic acids is 1. The third kappa shape index (κ3) is 5.17. The van der Waals surface area contributed by atoms with Crippen LogP contribution in [-0.4, -0.2) is 79.1 Å². The monoisotopic (exact) mass is 424 g/mol. The third-order valence-corrected chi connectivity index (χ3v) is 6.30. The Hall–Kier alpha value is -2.64. The van der Waals surface area contributed by atoms with Crippen LogP contribution in [0.25, 0.3) is 0 Å². The highest BCUT2D eigenvalue weighted by Crippen LogP contribution is 2.39. The number of benzene rings is 1. The SMILES string of the molecule is COc1ccc(OC)c(C2CCCN2C(=O)CN2CCN(Cc3ccccn3)CC2)c1. The number of methoxy groups -OCH3 is 2. The molecule has 0 saturated carbocycles. The number of likely N-dealkylation sites (tertiary alicyclic amines) is 1. The van der Waals surface area contributed by atoms with Crippen LogP contribution in [0.2, 0.25) is 0 Å². The van der Waals surface area contributed by atoms with Gasteiger partial charge in [0, 0.05) is 51.0 Å². The Kier molecular flexibility index (Phi) is 7.04. The van der Waals surface area contributed by atoms with Gasteiger partial charge in [-0.05, 0) is 43.2 Å². The van der Waals surface area contributed by atoms with Gasteiger partial charge < -0.3 is 14.4 Å². The van der Waals surface area contributed by atoms with Gasteiger partial charge in [-0.1, -0.05) is 6.07 Å². The highest BCUT2D eigenvalue weighted by atomic mass is 16.5. The predicted molar refractivity (Wildman–Crippen MR) is 119 cm³/mol. The first-order valence-corrected chi connectivity index (χ1v) is 11.0. The fraction of sp³-hybridized carbons (Fsp3) is 0.500. The summed E-state index contributed by atoms with van der Waals surface area (Å²) in [4.78, 5) is 24.3. The molecule has 2 aliphatic rings. The van der Waals surface area contributed by atoms with Gasteiger partial charge in [0.2, 0.25) is 5.91 Å². The summed E-state index contributed by atoms with van der Waals surface area (Å²) in [6.07, 6.45) is 3.80. The maximum atomic E-state index is 13.2. The molecule has 7 nitrogen and oxygen atoms in total. The molecule has 0 bridgehead atoms. The summed E-state index contributed by atoms with van der Waals surface area (Å²) in [5.74, 6) is 1.80. The Morgan fingerprint density at radius 2 is 1.84 bits per heavy atom. The second kappa shape index (κ2) is 10.1. The molecule has 0 radical (unpaired) electrons. The van der Waals surface area contributed by atoms with Gasteiger partial charge in [0.05, 0.1) is 32.5 Å². The van der Waals surface area contributed by atoms with Crippen molar-refractivity contribution >= 4 is 5.91 Å². The minimum Gasteiger partial charge on any atom is -0.497 e. The normalized spacial score (nSPS) is 20.1. The van der Waals surface area contributed by atoms with Crippen LogP contribution in [0.15, 0.2) is 42.6 Å². The van der Waals surface area contributed by atoms with Crippen LogP contribution >= 0.6 is 0 Å². The number of ether oxygens (including phenoxy) is 2. The van der Waals surface area contributed by atoms with E-state index in [0.29, 0.717) is 6.54 Å². The minimum atomic E-state index is 0.0444. The van der Waals surface area contributed by atoms with Gasteiger partial charge >= 0.3 is 0 Å². The van der Waals surface area contributed by atoms with Crippen molar-refractivity contribution in [3.05, 3.63) is 53.9 Å². The number of rotatable bonds is 7. The van der Waals surface area contributed by atoms with Gasteiger partial charge in [0.15, 0.2) is 0 Å². The van der Waals surface area contributed by atoms with E-state index in [4.69, 9.17) is 9.47 Å². The average molecular weight is 425 g/mol. The molecule has 7 heteroatoms. The molecule has 0 aliphatic carbocycles. The zero-order valence-corrected chi connectivity index (χ0v) is 18.5. The highest BCUT2D eigenvalue weighted by Gasteiger charge is 2.33. The number of amides is 1. The first-order chi connectivity index (χ1) is 15.2. The number of aromatic nitrogens is 1. The van der Waals surface area contributed by atoms with Crippen molar-refractivity contribution in [2.24, 2.45) is 0 Å². The van der Waals surface area contributed by atoms with E-state index in [-0.39, 0.29) is 11.9 Å². The van der Waals surface area contributed by atoms with Crippen molar-refractivity contribution in [3.8, 4) is 11.5 Å². The van der Waals surface area contributed by atoms with Crippen LogP contribution < -0.4 is 9.47 Å². The van der Waals surface area contributed by atoms with Crippen molar-refractivity contribution in [1.29, 1.82) is 0 Å². The average Bonchev–Trinajstić information content (AvgIpc) is 3.30. The van der Waals surface area contributed by atoms with Crippen LogP contribution in [0.5, 0.6) is 11.5 Å². The number of pyridine rings is 1. The lowest BCUT2D eigenvalue weighted by atomic mass is 10.0. The largest absolute Gasteiger partial charge is 0.497 e. The number of piperazine rings is 1. The molecule has 1 aromatic heterocycles. The highest BCUT2D eigenvalue weighted by molar-refractivity contribution is 5.79. The molecule has 1 atom stereocenters. The molecule has 2 saturated heterocycles. The van der Waals surface area contributed by atoms with E-state index in [1.165, 1.54) is 0 Å². The zero-order chi connectivity index (χ0) is 21.6. The summed E-state index contributed by atoms with van der Waals surface area (Å²) in [6.45, 7) is 5.85. The molecular weight excluding hydrogens is 392 g/mol. The molecule has 4 rings (SSSR count). The number of nitrogens with zero attached hydrogens (tertiary/aromatic N) is 4. The third-order valence-electron chi connectivity index (χ3n) is 6.30. The molecule has 1 amide bonds. The second-order valence-electron chi connectivity index (χ2n) is 8.23. The lowest BCUT2D eigenvalue weighted by Gasteiger charge is -2.35. The van der Waals surface area contributed by atoms with Gasteiger partial charge in [-0.15, -0.1) is 0 Å².